The van der Waals surface area contributed by atoms with Gasteiger partial charge in [-0.05, 0) is 48.1 Å². The molecule has 41 heavy (non-hydrogen) atoms. The Balaban J connectivity index is 1.40. The van der Waals surface area contributed by atoms with Gasteiger partial charge in [-0.2, -0.15) is 0 Å². The monoisotopic (exact) mass is 552 g/mol. The van der Waals surface area contributed by atoms with E-state index in [0.717, 1.165) is 42.8 Å². The number of aromatic nitrogens is 2. The highest BCUT2D eigenvalue weighted by Crippen LogP contribution is 2.36. The third-order valence-electron chi connectivity index (χ3n) is 7.67. The van der Waals surface area contributed by atoms with Gasteiger partial charge >= 0.3 is 6.09 Å². The normalized spacial score (nSPS) is 17.5. The van der Waals surface area contributed by atoms with Crippen LogP contribution in [0.1, 0.15) is 56.5 Å². The molecular formula is C34H40N4O3. The minimum absolute atomic E-state index is 0.0170. The molecule has 4 aromatic rings. The summed E-state index contributed by atoms with van der Waals surface area (Å²) in [6.07, 6.45) is 1.19. The molecule has 0 bridgehead atoms. The Hall–Kier alpha value is -3.97. The van der Waals surface area contributed by atoms with Crippen LogP contribution in [0.25, 0.3) is 10.9 Å². The lowest BCUT2D eigenvalue weighted by Crippen LogP contribution is -2.39. The summed E-state index contributed by atoms with van der Waals surface area (Å²) in [7, 11) is 0. The number of carbonyl (C=O) groups excluding carboxylic acids is 1. The van der Waals surface area contributed by atoms with Gasteiger partial charge in [0.1, 0.15) is 12.4 Å². The first kappa shape index (κ1) is 28.6. The second-order valence-electron chi connectivity index (χ2n) is 12.1. The quantitative estimate of drug-likeness (QED) is 0.271. The second-order valence-corrected chi connectivity index (χ2v) is 12.1. The summed E-state index contributed by atoms with van der Waals surface area (Å²) in [6.45, 7) is 9.44. The first-order chi connectivity index (χ1) is 19.8. The van der Waals surface area contributed by atoms with E-state index in [0.29, 0.717) is 18.5 Å². The van der Waals surface area contributed by atoms with Crippen LogP contribution in [0.2, 0.25) is 0 Å². The van der Waals surface area contributed by atoms with Gasteiger partial charge in [0, 0.05) is 31.6 Å². The molecule has 1 saturated heterocycles. The van der Waals surface area contributed by atoms with E-state index in [4.69, 9.17) is 9.72 Å². The standard InChI is InChI=1S/C34H40N4O3/c1-34(2,3)24-38-31(36-29-17-11-10-16-27(29)32(38)39)28-19-21-37(22-25-12-6-4-7-13-25)30(28)18-20-35-33(40)41-23-26-14-8-5-9-15-26/h4-17,28,30H,18-24H2,1-3H3,(H,35,40). The Morgan fingerprint density at radius 3 is 2.32 bits per heavy atom. The first-order valence-electron chi connectivity index (χ1n) is 14.5. The highest BCUT2D eigenvalue weighted by atomic mass is 16.5. The smallest absolute Gasteiger partial charge is 0.407 e. The van der Waals surface area contributed by atoms with Crippen molar-refractivity contribution in [3.63, 3.8) is 0 Å². The maximum absolute atomic E-state index is 13.8. The fraction of sp³-hybridized carbons (Fsp3) is 0.382. The Morgan fingerprint density at radius 2 is 1.61 bits per heavy atom. The van der Waals surface area contributed by atoms with Crippen molar-refractivity contribution in [3.05, 3.63) is 112 Å². The van der Waals surface area contributed by atoms with E-state index in [-0.39, 0.29) is 29.5 Å². The zero-order chi connectivity index (χ0) is 28.8. The lowest BCUT2D eigenvalue weighted by molar-refractivity contribution is 0.137. The SMILES string of the molecule is CC(C)(C)Cn1c(C2CCN(Cc3ccccc3)C2CCNC(=O)OCc2ccccc2)nc2ccccc2c1=O. The Kier molecular flexibility index (Phi) is 8.84. The molecule has 0 saturated carbocycles. The zero-order valence-electron chi connectivity index (χ0n) is 24.3. The summed E-state index contributed by atoms with van der Waals surface area (Å²) in [5.41, 5.74) is 2.85. The lowest BCUT2D eigenvalue weighted by atomic mass is 9.93. The van der Waals surface area contributed by atoms with Gasteiger partial charge in [-0.15, -0.1) is 0 Å². The molecular weight excluding hydrogens is 512 g/mol. The predicted molar refractivity (Wildman–Crippen MR) is 163 cm³/mol. The van der Waals surface area contributed by atoms with Gasteiger partial charge in [-0.25, -0.2) is 9.78 Å². The largest absolute Gasteiger partial charge is 0.445 e. The third-order valence-corrected chi connectivity index (χ3v) is 7.67. The van der Waals surface area contributed by atoms with E-state index in [1.54, 1.807) is 0 Å². The van der Waals surface area contributed by atoms with Crippen molar-refractivity contribution in [3.8, 4) is 0 Å². The van der Waals surface area contributed by atoms with Gasteiger partial charge in [-0.1, -0.05) is 93.6 Å². The van der Waals surface area contributed by atoms with Crippen LogP contribution in [0, 0.1) is 5.41 Å². The van der Waals surface area contributed by atoms with Crippen LogP contribution < -0.4 is 10.9 Å². The Morgan fingerprint density at radius 1 is 0.951 bits per heavy atom. The maximum atomic E-state index is 13.8. The minimum Gasteiger partial charge on any atom is -0.445 e. The number of amides is 1. The van der Waals surface area contributed by atoms with Gasteiger partial charge < -0.3 is 10.1 Å². The van der Waals surface area contributed by atoms with E-state index in [1.165, 1.54) is 5.56 Å². The molecule has 7 heteroatoms. The number of hydrogen-bond donors (Lipinski definition) is 1. The molecule has 2 atom stereocenters. The van der Waals surface area contributed by atoms with Crippen molar-refractivity contribution in [2.24, 2.45) is 5.41 Å². The number of para-hydroxylation sites is 1. The molecule has 214 valence electrons. The van der Waals surface area contributed by atoms with Crippen LogP contribution in [0.15, 0.2) is 89.7 Å². The molecule has 2 unspecified atom stereocenters. The first-order valence-corrected chi connectivity index (χ1v) is 14.5. The van der Waals surface area contributed by atoms with E-state index in [9.17, 15) is 9.59 Å². The van der Waals surface area contributed by atoms with Crippen molar-refractivity contribution < 1.29 is 9.53 Å². The number of rotatable bonds is 9. The van der Waals surface area contributed by atoms with Crippen molar-refractivity contribution in [2.75, 3.05) is 13.1 Å². The lowest BCUT2D eigenvalue weighted by Gasteiger charge is -2.30. The number of likely N-dealkylation sites (tertiary alicyclic amines) is 1. The number of nitrogens with one attached hydrogen (secondary N) is 1. The van der Waals surface area contributed by atoms with Crippen LogP contribution in [0.3, 0.4) is 0 Å². The second kappa shape index (κ2) is 12.7. The summed E-state index contributed by atoms with van der Waals surface area (Å²) >= 11 is 0. The van der Waals surface area contributed by atoms with Gasteiger partial charge in [-0.3, -0.25) is 14.3 Å². The molecule has 1 aromatic heterocycles. The maximum Gasteiger partial charge on any atom is 0.407 e. The fourth-order valence-electron chi connectivity index (χ4n) is 5.81. The molecule has 0 spiro atoms. The molecule has 3 aromatic carbocycles. The number of nitrogens with zero attached hydrogens (tertiary/aromatic N) is 3. The average Bonchev–Trinajstić information content (AvgIpc) is 3.35. The molecule has 5 rings (SSSR count). The number of benzene rings is 3. The zero-order valence-corrected chi connectivity index (χ0v) is 24.3. The summed E-state index contributed by atoms with van der Waals surface area (Å²) in [5, 5.41) is 3.61. The van der Waals surface area contributed by atoms with Crippen LogP contribution in [-0.2, 0) is 24.4 Å². The van der Waals surface area contributed by atoms with Gasteiger partial charge in [0.05, 0.1) is 10.9 Å². The van der Waals surface area contributed by atoms with Gasteiger partial charge in [0.2, 0.25) is 0 Å². The molecule has 7 nitrogen and oxygen atoms in total. The Bertz CT molecular complexity index is 1510. The number of fused-ring (bicyclic) bond motifs is 1. The minimum atomic E-state index is -0.425. The van der Waals surface area contributed by atoms with Crippen LogP contribution in [-0.4, -0.2) is 39.7 Å². The van der Waals surface area contributed by atoms with Crippen molar-refractivity contribution in [1.29, 1.82) is 0 Å². The number of hydrogen-bond acceptors (Lipinski definition) is 5. The molecule has 1 fully saturated rings. The van der Waals surface area contributed by atoms with Crippen LogP contribution >= 0.6 is 0 Å². The van der Waals surface area contributed by atoms with Crippen molar-refractivity contribution in [2.45, 2.75) is 65.3 Å². The Labute approximate surface area is 242 Å². The molecule has 2 heterocycles. The average molecular weight is 553 g/mol. The fourth-order valence-corrected chi connectivity index (χ4v) is 5.81. The number of carbonyl (C=O) groups is 1. The molecule has 1 aliphatic heterocycles. The van der Waals surface area contributed by atoms with Gasteiger partial charge in [0.25, 0.3) is 5.56 Å². The van der Waals surface area contributed by atoms with Crippen LogP contribution in [0.4, 0.5) is 4.79 Å². The van der Waals surface area contributed by atoms with Gasteiger partial charge in [0.15, 0.2) is 0 Å². The third kappa shape index (κ3) is 7.22. The molecule has 0 aliphatic carbocycles. The van der Waals surface area contributed by atoms with Crippen LogP contribution in [0.5, 0.6) is 0 Å². The summed E-state index contributed by atoms with van der Waals surface area (Å²) in [6, 6.07) is 27.8. The molecule has 1 aliphatic rings. The summed E-state index contributed by atoms with van der Waals surface area (Å²) < 4.78 is 7.35. The van der Waals surface area contributed by atoms with Crippen molar-refractivity contribution >= 4 is 17.0 Å². The van der Waals surface area contributed by atoms with E-state index >= 15 is 0 Å². The summed E-state index contributed by atoms with van der Waals surface area (Å²) in [4.78, 5) is 33.9. The van der Waals surface area contributed by atoms with E-state index in [1.807, 2.05) is 65.2 Å². The molecule has 1 amide bonds. The highest BCUT2D eigenvalue weighted by molar-refractivity contribution is 5.77. The predicted octanol–water partition coefficient (Wildman–Crippen LogP) is 6.12. The van der Waals surface area contributed by atoms with E-state index in [2.05, 4.69) is 55.3 Å². The molecule has 0 radical (unpaired) electrons. The molecule has 1 N–H and O–H groups in total. The topological polar surface area (TPSA) is 76.5 Å². The number of alkyl carbamates (subject to hydrolysis) is 1. The van der Waals surface area contributed by atoms with Crippen molar-refractivity contribution in [1.82, 2.24) is 19.8 Å². The van der Waals surface area contributed by atoms with E-state index < -0.39 is 6.09 Å². The number of ether oxygens (including phenoxy) is 1. The summed E-state index contributed by atoms with van der Waals surface area (Å²) in [5.74, 6) is 0.899. The highest BCUT2D eigenvalue weighted by Gasteiger charge is 2.38.